The van der Waals surface area contributed by atoms with Gasteiger partial charge in [-0.3, -0.25) is 4.79 Å². The highest BCUT2D eigenvalue weighted by Gasteiger charge is 2.26. The first-order chi connectivity index (χ1) is 9.45. The zero-order valence-electron chi connectivity index (χ0n) is 12.5. The SMILES string of the molecule is COc1cc(C)c(Cl)c(C)c1C(=O)N1CCN(C)CC1. The van der Waals surface area contributed by atoms with Gasteiger partial charge in [-0.05, 0) is 38.1 Å². The molecule has 1 aromatic carbocycles. The fourth-order valence-corrected chi connectivity index (χ4v) is 2.67. The maximum Gasteiger partial charge on any atom is 0.258 e. The number of nitrogens with zero attached hydrogens (tertiary/aromatic N) is 2. The number of methoxy groups -OCH3 is 1. The van der Waals surface area contributed by atoms with Gasteiger partial charge in [0.1, 0.15) is 5.75 Å². The van der Waals surface area contributed by atoms with E-state index in [4.69, 9.17) is 16.3 Å². The molecule has 0 aliphatic carbocycles. The number of benzene rings is 1. The fraction of sp³-hybridized carbons (Fsp3) is 0.533. The Hall–Kier alpha value is -1.26. The van der Waals surface area contributed by atoms with E-state index in [0.29, 0.717) is 16.3 Å². The second-order valence-corrected chi connectivity index (χ2v) is 5.68. The van der Waals surface area contributed by atoms with Crippen LogP contribution in [0.25, 0.3) is 0 Å². The van der Waals surface area contributed by atoms with Crippen molar-refractivity contribution in [1.29, 1.82) is 0 Å². The van der Waals surface area contributed by atoms with Crippen LogP contribution in [-0.4, -0.2) is 56.0 Å². The zero-order valence-corrected chi connectivity index (χ0v) is 13.3. The molecule has 0 unspecified atom stereocenters. The van der Waals surface area contributed by atoms with Crippen LogP contribution >= 0.6 is 11.6 Å². The van der Waals surface area contributed by atoms with Crippen molar-refractivity contribution < 1.29 is 9.53 Å². The molecule has 1 saturated heterocycles. The van der Waals surface area contributed by atoms with Crippen molar-refractivity contribution in [1.82, 2.24) is 9.80 Å². The lowest BCUT2D eigenvalue weighted by atomic mass is 10.0. The van der Waals surface area contributed by atoms with E-state index in [2.05, 4.69) is 11.9 Å². The first-order valence-electron chi connectivity index (χ1n) is 6.77. The molecule has 0 bridgehead atoms. The number of carbonyl (C=O) groups excluding carboxylic acids is 1. The molecule has 0 atom stereocenters. The van der Waals surface area contributed by atoms with Crippen LogP contribution in [0.5, 0.6) is 5.75 Å². The molecule has 1 amide bonds. The topological polar surface area (TPSA) is 32.8 Å². The predicted molar refractivity (Wildman–Crippen MR) is 80.9 cm³/mol. The van der Waals surface area contributed by atoms with Crippen molar-refractivity contribution in [3.8, 4) is 5.75 Å². The molecule has 0 N–H and O–H groups in total. The van der Waals surface area contributed by atoms with Gasteiger partial charge < -0.3 is 14.5 Å². The number of likely N-dealkylation sites (N-methyl/N-ethyl adjacent to an activating group) is 1. The van der Waals surface area contributed by atoms with Crippen LogP contribution in [0.15, 0.2) is 6.07 Å². The van der Waals surface area contributed by atoms with E-state index in [9.17, 15) is 4.79 Å². The summed E-state index contributed by atoms with van der Waals surface area (Å²) in [6.07, 6.45) is 0. The van der Waals surface area contributed by atoms with Crippen molar-refractivity contribution in [3.05, 3.63) is 27.8 Å². The Balaban J connectivity index is 2.36. The third kappa shape index (κ3) is 2.76. The summed E-state index contributed by atoms with van der Waals surface area (Å²) in [7, 11) is 3.65. The second-order valence-electron chi connectivity index (χ2n) is 5.31. The molecule has 5 heteroatoms. The van der Waals surface area contributed by atoms with E-state index in [1.165, 1.54) is 0 Å². The molecule has 1 aliphatic heterocycles. The van der Waals surface area contributed by atoms with Crippen LogP contribution in [0, 0.1) is 13.8 Å². The lowest BCUT2D eigenvalue weighted by Crippen LogP contribution is -2.47. The quantitative estimate of drug-likeness (QED) is 0.840. The lowest BCUT2D eigenvalue weighted by Gasteiger charge is -2.33. The van der Waals surface area contributed by atoms with Crippen molar-refractivity contribution in [2.24, 2.45) is 0 Å². The summed E-state index contributed by atoms with van der Waals surface area (Å²) in [6, 6.07) is 1.83. The van der Waals surface area contributed by atoms with E-state index >= 15 is 0 Å². The van der Waals surface area contributed by atoms with Gasteiger partial charge in [0.05, 0.1) is 12.7 Å². The van der Waals surface area contributed by atoms with Crippen LogP contribution < -0.4 is 4.74 Å². The molecule has 1 heterocycles. The molecule has 110 valence electrons. The number of carbonyl (C=O) groups is 1. The van der Waals surface area contributed by atoms with Gasteiger partial charge in [-0.2, -0.15) is 0 Å². The Labute approximate surface area is 125 Å². The van der Waals surface area contributed by atoms with Gasteiger partial charge in [0.2, 0.25) is 0 Å². The third-order valence-electron chi connectivity index (χ3n) is 3.87. The van der Waals surface area contributed by atoms with Gasteiger partial charge in [0, 0.05) is 31.2 Å². The van der Waals surface area contributed by atoms with Gasteiger partial charge in [-0.25, -0.2) is 0 Å². The lowest BCUT2D eigenvalue weighted by molar-refractivity contribution is 0.0660. The predicted octanol–water partition coefficient (Wildman–Crippen LogP) is 2.35. The molecule has 0 spiro atoms. The number of hydrogen-bond donors (Lipinski definition) is 0. The number of ether oxygens (including phenoxy) is 1. The molecule has 1 fully saturated rings. The van der Waals surface area contributed by atoms with Gasteiger partial charge in [0.15, 0.2) is 0 Å². The van der Waals surface area contributed by atoms with E-state index in [-0.39, 0.29) is 5.91 Å². The third-order valence-corrected chi connectivity index (χ3v) is 4.45. The van der Waals surface area contributed by atoms with Crippen LogP contribution in [0.1, 0.15) is 21.5 Å². The largest absolute Gasteiger partial charge is 0.496 e. The standard InChI is InChI=1S/C15H21ClN2O2/c1-10-9-12(20-4)13(11(2)14(10)16)15(19)18-7-5-17(3)6-8-18/h9H,5-8H2,1-4H3. The van der Waals surface area contributed by atoms with Crippen molar-refractivity contribution in [2.75, 3.05) is 40.3 Å². The molecule has 0 aromatic heterocycles. The summed E-state index contributed by atoms with van der Waals surface area (Å²) in [4.78, 5) is 16.8. The highest BCUT2D eigenvalue weighted by atomic mass is 35.5. The summed E-state index contributed by atoms with van der Waals surface area (Å²) in [5, 5.41) is 0.642. The van der Waals surface area contributed by atoms with Gasteiger partial charge >= 0.3 is 0 Å². The van der Waals surface area contributed by atoms with Crippen molar-refractivity contribution in [2.45, 2.75) is 13.8 Å². The minimum atomic E-state index is 0.00866. The van der Waals surface area contributed by atoms with Crippen LogP contribution in [0.3, 0.4) is 0 Å². The van der Waals surface area contributed by atoms with Crippen LogP contribution in [0.4, 0.5) is 0 Å². The van der Waals surface area contributed by atoms with Gasteiger partial charge in [-0.15, -0.1) is 0 Å². The van der Waals surface area contributed by atoms with Crippen LogP contribution in [0.2, 0.25) is 5.02 Å². The Morgan fingerprint density at radius 1 is 1.25 bits per heavy atom. The minimum Gasteiger partial charge on any atom is -0.496 e. The highest BCUT2D eigenvalue weighted by molar-refractivity contribution is 6.32. The summed E-state index contributed by atoms with van der Waals surface area (Å²) in [5.74, 6) is 0.614. The number of rotatable bonds is 2. The van der Waals surface area contributed by atoms with E-state index in [1.54, 1.807) is 7.11 Å². The Bertz CT molecular complexity index is 523. The Kier molecular flexibility index (Phi) is 4.55. The average Bonchev–Trinajstić information content (AvgIpc) is 2.44. The van der Waals surface area contributed by atoms with Crippen molar-refractivity contribution >= 4 is 17.5 Å². The molecule has 0 saturated carbocycles. The Morgan fingerprint density at radius 3 is 2.40 bits per heavy atom. The summed E-state index contributed by atoms with van der Waals surface area (Å²) in [5.41, 5.74) is 2.32. The van der Waals surface area contributed by atoms with Crippen molar-refractivity contribution in [3.63, 3.8) is 0 Å². The zero-order chi connectivity index (χ0) is 14.9. The summed E-state index contributed by atoms with van der Waals surface area (Å²) >= 11 is 6.28. The maximum absolute atomic E-state index is 12.7. The molecular weight excluding hydrogens is 276 g/mol. The summed E-state index contributed by atoms with van der Waals surface area (Å²) < 4.78 is 5.38. The summed E-state index contributed by atoms with van der Waals surface area (Å²) in [6.45, 7) is 7.06. The first-order valence-corrected chi connectivity index (χ1v) is 7.15. The first kappa shape index (κ1) is 15.1. The van der Waals surface area contributed by atoms with E-state index in [1.807, 2.05) is 24.8 Å². The Morgan fingerprint density at radius 2 is 1.85 bits per heavy atom. The van der Waals surface area contributed by atoms with E-state index < -0.39 is 0 Å². The minimum absolute atomic E-state index is 0.00866. The number of aryl methyl sites for hydroxylation is 1. The molecule has 20 heavy (non-hydrogen) atoms. The fourth-order valence-electron chi connectivity index (χ4n) is 2.52. The monoisotopic (exact) mass is 296 g/mol. The average molecular weight is 297 g/mol. The van der Waals surface area contributed by atoms with Gasteiger partial charge in [0.25, 0.3) is 5.91 Å². The number of hydrogen-bond acceptors (Lipinski definition) is 3. The van der Waals surface area contributed by atoms with Gasteiger partial charge in [-0.1, -0.05) is 11.6 Å². The van der Waals surface area contributed by atoms with E-state index in [0.717, 1.165) is 37.3 Å². The normalized spacial score (nSPS) is 16.4. The molecular formula is C15H21ClN2O2. The molecule has 0 radical (unpaired) electrons. The number of amides is 1. The molecule has 1 aromatic rings. The number of halogens is 1. The maximum atomic E-state index is 12.7. The smallest absolute Gasteiger partial charge is 0.258 e. The highest BCUT2D eigenvalue weighted by Crippen LogP contribution is 2.32. The molecule has 4 nitrogen and oxygen atoms in total. The van der Waals surface area contributed by atoms with Crippen LogP contribution in [-0.2, 0) is 0 Å². The molecule has 1 aliphatic rings. The molecule has 2 rings (SSSR count). The second kappa shape index (κ2) is 6.02. The number of piperazine rings is 1.